The van der Waals surface area contributed by atoms with Gasteiger partial charge in [0.1, 0.15) is 23.7 Å². The van der Waals surface area contributed by atoms with E-state index in [9.17, 15) is 4.79 Å². The van der Waals surface area contributed by atoms with Crippen LogP contribution in [0.25, 0.3) is 5.65 Å². The first-order valence-electron chi connectivity index (χ1n) is 11.5. The Morgan fingerprint density at radius 2 is 2.03 bits per heavy atom. The van der Waals surface area contributed by atoms with Crippen molar-refractivity contribution >= 4 is 28.6 Å². The standard InChI is InChI=1S/C25H31N5O4/c1-17(26)24-20(27-15-18-7-10-33-11-8-18)4-3-5-21(24)29-25(31)22-16-28-23-14-19(6-9-30(22)23)34-13-12-32-2/h3-6,9,14,16,18,26-27H,7-8,10-13,15H2,1-2H3,(H,29,31). The minimum Gasteiger partial charge on any atom is -0.491 e. The zero-order valence-electron chi connectivity index (χ0n) is 19.6. The molecule has 1 fully saturated rings. The van der Waals surface area contributed by atoms with Gasteiger partial charge >= 0.3 is 0 Å². The molecule has 9 heteroatoms. The predicted molar refractivity (Wildman–Crippen MR) is 131 cm³/mol. The maximum Gasteiger partial charge on any atom is 0.274 e. The lowest BCUT2D eigenvalue weighted by Gasteiger charge is -2.24. The molecule has 1 aliphatic rings. The minimum absolute atomic E-state index is 0.301. The van der Waals surface area contributed by atoms with Crippen molar-refractivity contribution in [3.8, 4) is 5.75 Å². The third kappa shape index (κ3) is 5.55. The number of methoxy groups -OCH3 is 1. The fourth-order valence-electron chi connectivity index (χ4n) is 4.06. The molecule has 34 heavy (non-hydrogen) atoms. The molecule has 180 valence electrons. The van der Waals surface area contributed by atoms with Crippen LogP contribution >= 0.6 is 0 Å². The Morgan fingerprint density at radius 3 is 2.79 bits per heavy atom. The molecule has 0 radical (unpaired) electrons. The van der Waals surface area contributed by atoms with Gasteiger partial charge in [0.25, 0.3) is 5.91 Å². The van der Waals surface area contributed by atoms with Gasteiger partial charge in [0, 0.05) is 56.1 Å². The zero-order valence-corrected chi connectivity index (χ0v) is 19.6. The van der Waals surface area contributed by atoms with E-state index in [4.69, 9.17) is 19.6 Å². The van der Waals surface area contributed by atoms with Crippen LogP contribution in [0.3, 0.4) is 0 Å². The number of hydrogen-bond donors (Lipinski definition) is 3. The summed E-state index contributed by atoms with van der Waals surface area (Å²) in [6, 6.07) is 9.21. The van der Waals surface area contributed by atoms with Gasteiger partial charge in [-0.15, -0.1) is 0 Å². The molecule has 3 N–H and O–H groups in total. The van der Waals surface area contributed by atoms with Crippen molar-refractivity contribution in [3.05, 3.63) is 54.0 Å². The topological polar surface area (TPSA) is 110 Å². The van der Waals surface area contributed by atoms with Crippen LogP contribution in [0, 0.1) is 11.3 Å². The van der Waals surface area contributed by atoms with E-state index >= 15 is 0 Å². The average molecular weight is 466 g/mol. The second-order valence-corrected chi connectivity index (χ2v) is 8.32. The Kier molecular flexibility index (Phi) is 7.76. The van der Waals surface area contributed by atoms with E-state index in [2.05, 4.69) is 15.6 Å². The van der Waals surface area contributed by atoms with Crippen molar-refractivity contribution in [1.82, 2.24) is 9.38 Å². The largest absolute Gasteiger partial charge is 0.491 e. The summed E-state index contributed by atoms with van der Waals surface area (Å²) in [7, 11) is 1.62. The van der Waals surface area contributed by atoms with Crippen LogP contribution in [0.1, 0.15) is 35.8 Å². The highest BCUT2D eigenvalue weighted by atomic mass is 16.5. The Bertz CT molecular complexity index is 1150. The first-order valence-corrected chi connectivity index (χ1v) is 11.5. The van der Waals surface area contributed by atoms with E-state index in [0.29, 0.717) is 53.2 Å². The monoisotopic (exact) mass is 465 g/mol. The molecule has 1 aromatic carbocycles. The van der Waals surface area contributed by atoms with Crippen molar-refractivity contribution in [2.45, 2.75) is 19.8 Å². The van der Waals surface area contributed by atoms with Gasteiger partial charge in [0.15, 0.2) is 0 Å². The summed E-state index contributed by atoms with van der Waals surface area (Å²) in [6.07, 6.45) is 5.34. The molecule has 0 bridgehead atoms. The van der Waals surface area contributed by atoms with E-state index < -0.39 is 0 Å². The van der Waals surface area contributed by atoms with Gasteiger partial charge in [-0.25, -0.2) is 4.98 Å². The molecule has 1 saturated heterocycles. The van der Waals surface area contributed by atoms with Crippen molar-refractivity contribution in [3.63, 3.8) is 0 Å². The van der Waals surface area contributed by atoms with Gasteiger partial charge in [0.05, 0.1) is 18.5 Å². The fraction of sp³-hybridized carbons (Fsp3) is 0.400. The lowest BCUT2D eigenvalue weighted by molar-refractivity contribution is 0.0699. The molecule has 1 aliphatic heterocycles. The molecular weight excluding hydrogens is 434 g/mol. The molecule has 0 spiro atoms. The summed E-state index contributed by atoms with van der Waals surface area (Å²) >= 11 is 0. The van der Waals surface area contributed by atoms with Gasteiger partial charge in [-0.1, -0.05) is 6.07 Å². The highest BCUT2D eigenvalue weighted by molar-refractivity contribution is 6.11. The minimum atomic E-state index is -0.301. The SMILES string of the molecule is COCCOc1ccn2c(C(=O)Nc3cccc(NCC4CCOCC4)c3C(C)=N)cnc2c1. The third-order valence-electron chi connectivity index (χ3n) is 5.88. The quantitative estimate of drug-likeness (QED) is 0.310. The number of amides is 1. The normalized spacial score (nSPS) is 14.2. The average Bonchev–Trinajstić information content (AvgIpc) is 3.27. The number of carbonyl (C=O) groups excluding carboxylic acids is 1. The summed E-state index contributed by atoms with van der Waals surface area (Å²) in [5.74, 6) is 0.893. The van der Waals surface area contributed by atoms with E-state index in [1.54, 1.807) is 36.8 Å². The van der Waals surface area contributed by atoms with Gasteiger partial charge in [-0.2, -0.15) is 0 Å². The maximum absolute atomic E-state index is 13.2. The van der Waals surface area contributed by atoms with Crippen LogP contribution in [0.2, 0.25) is 0 Å². The molecule has 0 unspecified atom stereocenters. The van der Waals surface area contributed by atoms with E-state index in [1.807, 2.05) is 18.2 Å². The van der Waals surface area contributed by atoms with Crippen molar-refractivity contribution < 1.29 is 19.0 Å². The lowest BCUT2D eigenvalue weighted by Crippen LogP contribution is -2.23. The lowest BCUT2D eigenvalue weighted by atomic mass is 9.99. The second-order valence-electron chi connectivity index (χ2n) is 8.32. The van der Waals surface area contributed by atoms with Crippen molar-refractivity contribution in [2.24, 2.45) is 5.92 Å². The number of fused-ring (bicyclic) bond motifs is 1. The van der Waals surface area contributed by atoms with Crippen LogP contribution in [0.4, 0.5) is 11.4 Å². The van der Waals surface area contributed by atoms with E-state index in [0.717, 1.165) is 38.3 Å². The molecular formula is C25H31N5O4. The van der Waals surface area contributed by atoms with Gasteiger partial charge < -0.3 is 30.3 Å². The van der Waals surface area contributed by atoms with Crippen LogP contribution in [0.5, 0.6) is 5.75 Å². The summed E-state index contributed by atoms with van der Waals surface area (Å²) in [6.45, 7) is 5.04. The highest BCUT2D eigenvalue weighted by Crippen LogP contribution is 2.27. The predicted octanol–water partition coefficient (Wildman–Crippen LogP) is 3.84. The van der Waals surface area contributed by atoms with Gasteiger partial charge in [-0.3, -0.25) is 9.20 Å². The van der Waals surface area contributed by atoms with Crippen LogP contribution < -0.4 is 15.4 Å². The number of nitrogens with zero attached hydrogens (tertiary/aromatic N) is 2. The Labute approximate surface area is 198 Å². The maximum atomic E-state index is 13.2. The number of carbonyl (C=O) groups is 1. The van der Waals surface area contributed by atoms with Gasteiger partial charge in [0.2, 0.25) is 0 Å². The Hall–Kier alpha value is -3.43. The fourth-order valence-corrected chi connectivity index (χ4v) is 4.06. The van der Waals surface area contributed by atoms with Crippen LogP contribution in [-0.2, 0) is 9.47 Å². The number of anilines is 2. The molecule has 1 amide bonds. The Morgan fingerprint density at radius 1 is 1.24 bits per heavy atom. The molecule has 0 atom stereocenters. The van der Waals surface area contributed by atoms with Crippen LogP contribution in [0.15, 0.2) is 42.7 Å². The van der Waals surface area contributed by atoms with Gasteiger partial charge in [-0.05, 0) is 43.9 Å². The van der Waals surface area contributed by atoms with E-state index in [-0.39, 0.29) is 5.91 Å². The number of aromatic nitrogens is 2. The number of benzene rings is 1. The molecule has 9 nitrogen and oxygen atoms in total. The first-order chi connectivity index (χ1) is 16.6. The van der Waals surface area contributed by atoms with Crippen molar-refractivity contribution in [1.29, 1.82) is 5.41 Å². The number of ether oxygens (including phenoxy) is 3. The molecule has 2 aromatic heterocycles. The second kappa shape index (κ2) is 11.1. The van der Waals surface area contributed by atoms with Crippen molar-refractivity contribution in [2.75, 3.05) is 50.7 Å². The number of rotatable bonds is 10. The highest BCUT2D eigenvalue weighted by Gasteiger charge is 2.19. The Balaban J connectivity index is 1.50. The summed E-state index contributed by atoms with van der Waals surface area (Å²) in [5.41, 5.74) is 3.49. The molecule has 4 rings (SSSR count). The smallest absolute Gasteiger partial charge is 0.274 e. The molecule has 3 heterocycles. The number of pyridine rings is 1. The molecule has 0 saturated carbocycles. The molecule has 0 aliphatic carbocycles. The number of imidazole rings is 1. The van der Waals surface area contributed by atoms with Crippen LogP contribution in [-0.4, -0.2) is 61.1 Å². The van der Waals surface area contributed by atoms with E-state index in [1.165, 1.54) is 6.20 Å². The number of nitrogens with one attached hydrogen (secondary N) is 3. The summed E-state index contributed by atoms with van der Waals surface area (Å²) in [5, 5.41) is 14.8. The summed E-state index contributed by atoms with van der Waals surface area (Å²) < 4.78 is 17.8. The first kappa shape index (κ1) is 23.7. The molecule has 3 aromatic rings. The third-order valence-corrected chi connectivity index (χ3v) is 5.88. The number of hydrogen-bond acceptors (Lipinski definition) is 7. The summed E-state index contributed by atoms with van der Waals surface area (Å²) in [4.78, 5) is 17.5. The zero-order chi connectivity index (χ0) is 23.9.